The Labute approximate surface area is 201 Å². The van der Waals surface area contributed by atoms with Crippen LogP contribution in [-0.2, 0) is 4.79 Å². The molecule has 0 radical (unpaired) electrons. The van der Waals surface area contributed by atoms with E-state index in [4.69, 9.17) is 9.15 Å². The number of benzene rings is 2. The van der Waals surface area contributed by atoms with E-state index in [1.54, 1.807) is 7.11 Å². The first-order valence-electron chi connectivity index (χ1n) is 10.5. The van der Waals surface area contributed by atoms with Crippen LogP contribution in [0.3, 0.4) is 0 Å². The normalized spacial score (nSPS) is 10.7. The molecular formula is C25H23N5O3S. The van der Waals surface area contributed by atoms with Crippen molar-refractivity contribution < 1.29 is 13.9 Å². The highest BCUT2D eigenvalue weighted by Gasteiger charge is 2.21. The Kier molecular flexibility index (Phi) is 6.70. The molecule has 0 aliphatic rings. The average Bonchev–Trinajstić information content (AvgIpc) is 3.41. The Morgan fingerprint density at radius 3 is 2.47 bits per heavy atom. The number of hydrogen-bond donors (Lipinski definition) is 1. The first kappa shape index (κ1) is 23.1. The van der Waals surface area contributed by atoms with Gasteiger partial charge in [0.25, 0.3) is 5.22 Å². The molecule has 0 saturated carbocycles. The van der Waals surface area contributed by atoms with Crippen LogP contribution in [-0.4, -0.2) is 33.5 Å². The molecule has 2 aromatic heterocycles. The lowest BCUT2D eigenvalue weighted by Crippen LogP contribution is -2.17. The minimum atomic E-state index is -0.288. The van der Waals surface area contributed by atoms with Crippen molar-refractivity contribution in [3.05, 3.63) is 70.9 Å². The van der Waals surface area contributed by atoms with Crippen LogP contribution in [0.1, 0.15) is 22.4 Å². The number of nitrogens with zero attached hydrogens (tertiary/aromatic N) is 4. The number of aromatic nitrogens is 3. The van der Waals surface area contributed by atoms with Crippen LogP contribution in [0.2, 0.25) is 0 Å². The maximum Gasteiger partial charge on any atom is 0.277 e. The van der Waals surface area contributed by atoms with Gasteiger partial charge in [0.15, 0.2) is 0 Å². The standard InChI is InChI=1S/C25H23N5O3S/c1-15-5-7-18(8-6-15)24-28-29-25(33-24)34-14-22(31)27-23-21(13-26)16(2)17(3)30(23)19-9-11-20(32-4)12-10-19/h5-12H,14H2,1-4H3,(H,27,31). The predicted molar refractivity (Wildman–Crippen MR) is 130 cm³/mol. The molecule has 0 saturated heterocycles. The predicted octanol–water partition coefficient (Wildman–Crippen LogP) is 5.06. The smallest absolute Gasteiger partial charge is 0.277 e. The highest BCUT2D eigenvalue weighted by molar-refractivity contribution is 7.99. The number of carbonyl (C=O) groups excluding carboxylic acids is 1. The first-order chi connectivity index (χ1) is 16.4. The van der Waals surface area contributed by atoms with Crippen LogP contribution in [0.5, 0.6) is 5.75 Å². The summed E-state index contributed by atoms with van der Waals surface area (Å²) in [5.41, 5.74) is 4.86. The molecule has 1 N–H and O–H groups in total. The molecule has 4 aromatic rings. The monoisotopic (exact) mass is 473 g/mol. The molecule has 172 valence electrons. The molecule has 1 amide bonds. The maximum absolute atomic E-state index is 12.8. The number of thioether (sulfide) groups is 1. The number of hydrogen-bond acceptors (Lipinski definition) is 7. The van der Waals surface area contributed by atoms with Crippen molar-refractivity contribution >= 4 is 23.5 Å². The second kappa shape index (κ2) is 9.85. The number of anilines is 1. The fourth-order valence-electron chi connectivity index (χ4n) is 3.49. The molecule has 0 unspecified atom stereocenters. The molecule has 0 atom stereocenters. The topological polar surface area (TPSA) is 106 Å². The van der Waals surface area contributed by atoms with E-state index < -0.39 is 0 Å². The van der Waals surface area contributed by atoms with Crippen LogP contribution >= 0.6 is 11.8 Å². The van der Waals surface area contributed by atoms with Gasteiger partial charge in [-0.3, -0.25) is 9.36 Å². The van der Waals surface area contributed by atoms with E-state index in [9.17, 15) is 10.1 Å². The summed E-state index contributed by atoms with van der Waals surface area (Å²) in [6, 6.07) is 17.4. The van der Waals surface area contributed by atoms with Crippen molar-refractivity contribution in [2.24, 2.45) is 0 Å². The van der Waals surface area contributed by atoms with Gasteiger partial charge in [-0.05, 0) is 62.7 Å². The van der Waals surface area contributed by atoms with Gasteiger partial charge < -0.3 is 14.5 Å². The van der Waals surface area contributed by atoms with Gasteiger partial charge in [0.05, 0.1) is 18.4 Å². The lowest BCUT2D eigenvalue weighted by Gasteiger charge is -2.13. The zero-order valence-electron chi connectivity index (χ0n) is 19.2. The number of nitrogens with one attached hydrogen (secondary N) is 1. The van der Waals surface area contributed by atoms with Crippen LogP contribution < -0.4 is 10.1 Å². The number of methoxy groups -OCH3 is 1. The number of carbonyl (C=O) groups is 1. The Bertz CT molecular complexity index is 1370. The third kappa shape index (κ3) is 4.67. The molecule has 2 heterocycles. The molecule has 4 rings (SSSR count). The zero-order valence-corrected chi connectivity index (χ0v) is 20.1. The van der Waals surface area contributed by atoms with Crippen molar-refractivity contribution in [2.75, 3.05) is 18.2 Å². The van der Waals surface area contributed by atoms with Crippen molar-refractivity contribution in [3.63, 3.8) is 0 Å². The number of rotatable bonds is 7. The lowest BCUT2D eigenvalue weighted by atomic mass is 10.1. The largest absolute Gasteiger partial charge is 0.497 e. The van der Waals surface area contributed by atoms with Gasteiger partial charge in [0.1, 0.15) is 17.6 Å². The second-order valence-corrected chi connectivity index (χ2v) is 8.58. The third-order valence-corrected chi connectivity index (χ3v) is 6.26. The number of amides is 1. The Balaban J connectivity index is 1.51. The van der Waals surface area contributed by atoms with Gasteiger partial charge >= 0.3 is 0 Å². The van der Waals surface area contributed by atoms with Crippen LogP contribution in [0.25, 0.3) is 17.1 Å². The van der Waals surface area contributed by atoms with Crippen molar-refractivity contribution in [3.8, 4) is 29.0 Å². The summed E-state index contributed by atoms with van der Waals surface area (Å²) in [5, 5.41) is 21.0. The van der Waals surface area contributed by atoms with E-state index >= 15 is 0 Å². The van der Waals surface area contributed by atoms with Gasteiger partial charge in [0.2, 0.25) is 11.8 Å². The Morgan fingerprint density at radius 1 is 1.12 bits per heavy atom. The molecular weight excluding hydrogens is 450 g/mol. The molecule has 9 heteroatoms. The van der Waals surface area contributed by atoms with Crippen LogP contribution in [0.15, 0.2) is 58.2 Å². The molecule has 2 aromatic carbocycles. The summed E-state index contributed by atoms with van der Waals surface area (Å²) in [7, 11) is 1.60. The van der Waals surface area contributed by atoms with Gasteiger partial charge in [-0.15, -0.1) is 10.2 Å². The van der Waals surface area contributed by atoms with E-state index in [0.717, 1.165) is 45.6 Å². The van der Waals surface area contributed by atoms with Gasteiger partial charge in [-0.25, -0.2) is 0 Å². The molecule has 0 bridgehead atoms. The fourth-order valence-corrected chi connectivity index (χ4v) is 4.05. The second-order valence-electron chi connectivity index (χ2n) is 7.66. The quantitative estimate of drug-likeness (QED) is 0.374. The van der Waals surface area contributed by atoms with Gasteiger partial charge in [-0.2, -0.15) is 5.26 Å². The molecule has 34 heavy (non-hydrogen) atoms. The Morgan fingerprint density at radius 2 is 1.82 bits per heavy atom. The highest BCUT2D eigenvalue weighted by atomic mass is 32.2. The fraction of sp³-hybridized carbons (Fsp3) is 0.200. The number of nitriles is 1. The number of ether oxygens (including phenoxy) is 1. The minimum Gasteiger partial charge on any atom is -0.497 e. The van der Waals surface area contributed by atoms with Gasteiger partial charge in [-0.1, -0.05) is 29.5 Å². The highest BCUT2D eigenvalue weighted by Crippen LogP contribution is 2.31. The lowest BCUT2D eigenvalue weighted by molar-refractivity contribution is -0.113. The molecule has 8 nitrogen and oxygen atoms in total. The van der Waals surface area contributed by atoms with Crippen molar-refractivity contribution in [1.29, 1.82) is 5.26 Å². The summed E-state index contributed by atoms with van der Waals surface area (Å²) >= 11 is 1.14. The summed E-state index contributed by atoms with van der Waals surface area (Å²) in [6.45, 7) is 5.78. The molecule has 0 aliphatic heterocycles. The molecule has 0 spiro atoms. The Hall–Kier alpha value is -4.03. The number of aryl methyl sites for hydroxylation is 1. The van der Waals surface area contributed by atoms with Crippen LogP contribution in [0, 0.1) is 32.1 Å². The van der Waals surface area contributed by atoms with E-state index in [-0.39, 0.29) is 11.7 Å². The summed E-state index contributed by atoms with van der Waals surface area (Å²) in [6.07, 6.45) is 0. The van der Waals surface area contributed by atoms with E-state index in [1.165, 1.54) is 0 Å². The molecule has 0 fully saturated rings. The summed E-state index contributed by atoms with van der Waals surface area (Å²) in [5.74, 6) is 1.31. The summed E-state index contributed by atoms with van der Waals surface area (Å²) in [4.78, 5) is 12.8. The maximum atomic E-state index is 12.8. The van der Waals surface area contributed by atoms with Crippen LogP contribution in [0.4, 0.5) is 5.82 Å². The zero-order chi connectivity index (χ0) is 24.2. The van der Waals surface area contributed by atoms with Crippen molar-refractivity contribution in [1.82, 2.24) is 14.8 Å². The molecule has 0 aliphatic carbocycles. The minimum absolute atomic E-state index is 0.0479. The van der Waals surface area contributed by atoms with E-state index in [0.29, 0.717) is 22.5 Å². The SMILES string of the molecule is COc1ccc(-n2c(C)c(C)c(C#N)c2NC(=O)CSc2nnc(-c3ccc(C)cc3)o2)cc1. The third-order valence-electron chi connectivity index (χ3n) is 5.45. The first-order valence-corrected chi connectivity index (χ1v) is 11.5. The van der Waals surface area contributed by atoms with Crippen molar-refractivity contribution in [2.45, 2.75) is 26.0 Å². The van der Waals surface area contributed by atoms with E-state index in [2.05, 4.69) is 21.6 Å². The van der Waals surface area contributed by atoms with E-state index in [1.807, 2.05) is 73.9 Å². The van der Waals surface area contributed by atoms with Gasteiger partial charge in [0, 0.05) is 16.9 Å². The average molecular weight is 474 g/mol. The summed E-state index contributed by atoms with van der Waals surface area (Å²) < 4.78 is 12.8.